The quantitative estimate of drug-likeness (QED) is 0.770. The minimum Gasteiger partial charge on any atom is -0.350 e. The Hall–Kier alpha value is -2.68. The van der Waals surface area contributed by atoms with Crippen molar-refractivity contribution in [3.05, 3.63) is 30.2 Å². The summed E-state index contributed by atoms with van der Waals surface area (Å²) < 4.78 is 2.12. The molecule has 1 aromatic heterocycles. The average Bonchev–Trinajstić information content (AvgIpc) is 3.40. The molecule has 9 nitrogen and oxygen atoms in total. The maximum absolute atomic E-state index is 12.2. The molecular weight excluding hydrogens is 392 g/mol. The number of carbonyl (C=O) groups excluding carboxylic acids is 1. The summed E-state index contributed by atoms with van der Waals surface area (Å²) in [5.74, 6) is 1.13. The number of amides is 2. The highest BCUT2D eigenvalue weighted by Crippen LogP contribution is 2.36. The number of piperidine rings is 1. The van der Waals surface area contributed by atoms with Gasteiger partial charge in [-0.3, -0.25) is 14.6 Å². The summed E-state index contributed by atoms with van der Waals surface area (Å²) in [7, 11) is 0. The van der Waals surface area contributed by atoms with Crippen LogP contribution in [0.2, 0.25) is 0 Å². The van der Waals surface area contributed by atoms with Crippen molar-refractivity contribution in [1.82, 2.24) is 30.2 Å². The number of aromatic nitrogens is 2. The molecule has 0 bridgehead atoms. The molecule has 2 unspecified atom stereocenters. The van der Waals surface area contributed by atoms with Crippen molar-refractivity contribution >= 4 is 18.2 Å². The zero-order valence-corrected chi connectivity index (χ0v) is 18.5. The number of carbonyl (C=O) groups is 1. The molecule has 0 saturated carbocycles. The molecule has 31 heavy (non-hydrogen) atoms. The molecule has 0 radical (unpaired) electrons. The van der Waals surface area contributed by atoms with Crippen LogP contribution in [0.3, 0.4) is 0 Å². The van der Waals surface area contributed by atoms with Gasteiger partial charge in [-0.1, -0.05) is 6.08 Å². The van der Waals surface area contributed by atoms with E-state index >= 15 is 0 Å². The fourth-order valence-electron chi connectivity index (χ4n) is 5.14. The van der Waals surface area contributed by atoms with Gasteiger partial charge in [0.2, 0.25) is 0 Å². The number of amidine groups is 1. The van der Waals surface area contributed by atoms with Crippen LogP contribution in [0.4, 0.5) is 4.79 Å². The third-order valence-electron chi connectivity index (χ3n) is 6.88. The van der Waals surface area contributed by atoms with Crippen LogP contribution in [0.1, 0.15) is 45.2 Å². The summed E-state index contributed by atoms with van der Waals surface area (Å²) >= 11 is 0. The van der Waals surface area contributed by atoms with E-state index in [0.29, 0.717) is 6.04 Å². The SMILES string of the molecule is CC(C)NC(=O)N1CCC(N2CC(C)(n3cc(C4N=CN=C5NC=CC54)cn3)C2)CC1. The monoisotopic (exact) mass is 424 g/mol. The number of aliphatic imine (C=N–C) groups is 2. The summed E-state index contributed by atoms with van der Waals surface area (Å²) in [5, 5.41) is 10.9. The van der Waals surface area contributed by atoms with Crippen LogP contribution < -0.4 is 10.6 Å². The number of nitrogens with zero attached hydrogens (tertiary/aromatic N) is 6. The number of hydrogen-bond acceptors (Lipinski definition) is 6. The average molecular weight is 425 g/mol. The Morgan fingerprint density at radius 3 is 2.81 bits per heavy atom. The first kappa shape index (κ1) is 20.2. The van der Waals surface area contributed by atoms with Crippen LogP contribution in [0.5, 0.6) is 0 Å². The molecule has 4 aliphatic rings. The lowest BCUT2D eigenvalue weighted by Crippen LogP contribution is -2.65. The molecule has 2 amide bonds. The molecule has 4 aliphatic heterocycles. The second-order valence-corrected chi connectivity index (χ2v) is 9.70. The van der Waals surface area contributed by atoms with Gasteiger partial charge in [0.15, 0.2) is 0 Å². The lowest BCUT2D eigenvalue weighted by Gasteiger charge is -2.53. The first-order chi connectivity index (χ1) is 14.9. The molecule has 2 atom stereocenters. The Morgan fingerprint density at radius 1 is 1.29 bits per heavy atom. The van der Waals surface area contributed by atoms with E-state index in [1.165, 1.54) is 0 Å². The zero-order chi connectivity index (χ0) is 21.6. The largest absolute Gasteiger partial charge is 0.350 e. The van der Waals surface area contributed by atoms with Crippen molar-refractivity contribution < 1.29 is 4.79 Å². The predicted molar refractivity (Wildman–Crippen MR) is 120 cm³/mol. The molecule has 1 aromatic rings. The molecule has 9 heteroatoms. The molecule has 5 rings (SSSR count). The Kier molecular flexibility index (Phi) is 5.08. The fraction of sp³-hybridized carbons (Fsp3) is 0.636. The van der Waals surface area contributed by atoms with Crippen LogP contribution >= 0.6 is 0 Å². The number of likely N-dealkylation sites (tertiary alicyclic amines) is 2. The molecule has 5 heterocycles. The Bertz CT molecular complexity index is 918. The second kappa shape index (κ2) is 7.78. The Balaban J connectivity index is 1.17. The van der Waals surface area contributed by atoms with E-state index in [1.807, 2.05) is 31.1 Å². The highest BCUT2D eigenvalue weighted by Gasteiger charge is 2.45. The van der Waals surface area contributed by atoms with Gasteiger partial charge < -0.3 is 15.5 Å². The minimum atomic E-state index is 0.00344. The first-order valence-electron chi connectivity index (χ1n) is 11.3. The number of nitrogens with one attached hydrogen (secondary N) is 2. The lowest BCUT2D eigenvalue weighted by atomic mass is 9.88. The summed E-state index contributed by atoms with van der Waals surface area (Å²) in [6, 6.07) is 0.826. The van der Waals surface area contributed by atoms with Crippen molar-refractivity contribution in [1.29, 1.82) is 0 Å². The highest BCUT2D eigenvalue weighted by molar-refractivity contribution is 5.96. The maximum Gasteiger partial charge on any atom is 0.317 e. The maximum atomic E-state index is 12.2. The van der Waals surface area contributed by atoms with Crippen molar-refractivity contribution in [2.45, 2.75) is 57.3 Å². The molecule has 2 fully saturated rings. The van der Waals surface area contributed by atoms with Gasteiger partial charge in [-0.2, -0.15) is 5.10 Å². The number of fused-ring (bicyclic) bond motifs is 1. The molecule has 2 saturated heterocycles. The molecular formula is C22H32N8O. The topological polar surface area (TPSA) is 90.2 Å². The second-order valence-electron chi connectivity index (χ2n) is 9.70. The first-order valence-corrected chi connectivity index (χ1v) is 11.3. The van der Waals surface area contributed by atoms with E-state index in [2.05, 4.69) is 49.4 Å². The summed E-state index contributed by atoms with van der Waals surface area (Å²) in [4.78, 5) is 25.7. The Morgan fingerprint density at radius 2 is 2.06 bits per heavy atom. The molecule has 0 aromatic carbocycles. The van der Waals surface area contributed by atoms with E-state index in [9.17, 15) is 4.79 Å². The van der Waals surface area contributed by atoms with Crippen molar-refractivity contribution in [3.8, 4) is 0 Å². The van der Waals surface area contributed by atoms with Crippen LogP contribution in [0, 0.1) is 5.92 Å². The van der Waals surface area contributed by atoms with Crippen LogP contribution in [0.25, 0.3) is 0 Å². The van der Waals surface area contributed by atoms with E-state index in [-0.39, 0.29) is 29.6 Å². The van der Waals surface area contributed by atoms with Crippen molar-refractivity contribution in [3.63, 3.8) is 0 Å². The fourth-order valence-corrected chi connectivity index (χ4v) is 5.14. The highest BCUT2D eigenvalue weighted by atomic mass is 16.2. The van der Waals surface area contributed by atoms with Crippen LogP contribution in [-0.2, 0) is 5.54 Å². The zero-order valence-electron chi connectivity index (χ0n) is 18.5. The van der Waals surface area contributed by atoms with Gasteiger partial charge in [0, 0.05) is 50.0 Å². The molecule has 0 aliphatic carbocycles. The van der Waals surface area contributed by atoms with E-state index < -0.39 is 0 Å². The summed E-state index contributed by atoms with van der Waals surface area (Å²) in [5.41, 5.74) is 1.13. The smallest absolute Gasteiger partial charge is 0.317 e. The predicted octanol–water partition coefficient (Wildman–Crippen LogP) is 1.71. The van der Waals surface area contributed by atoms with Gasteiger partial charge >= 0.3 is 6.03 Å². The van der Waals surface area contributed by atoms with Crippen molar-refractivity contribution in [2.75, 3.05) is 26.2 Å². The van der Waals surface area contributed by atoms with Gasteiger partial charge in [0.25, 0.3) is 0 Å². The van der Waals surface area contributed by atoms with Gasteiger partial charge in [-0.25, -0.2) is 9.79 Å². The number of urea groups is 1. The van der Waals surface area contributed by atoms with Crippen LogP contribution in [0.15, 0.2) is 34.7 Å². The van der Waals surface area contributed by atoms with E-state index in [1.54, 1.807) is 6.34 Å². The van der Waals surface area contributed by atoms with Gasteiger partial charge in [-0.15, -0.1) is 0 Å². The lowest BCUT2D eigenvalue weighted by molar-refractivity contribution is -0.0320. The summed E-state index contributed by atoms with van der Waals surface area (Å²) in [6.07, 6.45) is 11.9. The van der Waals surface area contributed by atoms with Crippen molar-refractivity contribution in [2.24, 2.45) is 15.9 Å². The number of rotatable bonds is 4. The molecule has 166 valence electrons. The third kappa shape index (κ3) is 3.75. The van der Waals surface area contributed by atoms with Crippen LogP contribution in [-0.4, -0.2) is 76.0 Å². The van der Waals surface area contributed by atoms with Gasteiger partial charge in [0.1, 0.15) is 12.2 Å². The minimum absolute atomic E-state index is 0.00344. The molecule has 2 N–H and O–H groups in total. The van der Waals surface area contributed by atoms with E-state index in [4.69, 9.17) is 5.10 Å². The standard InChI is InChI=1S/C22H32N8O/c1-15(2)27-21(31)28-8-5-17(6-9-28)29-12-22(3,13-29)30-11-16(10-26-30)19-18-4-7-23-20(18)25-14-24-19/h4,7,10-11,14-15,17-19H,5-6,8-9,12-13H2,1-3H3,(H,27,31)(H,23,24,25). The van der Waals surface area contributed by atoms with Gasteiger partial charge in [-0.05, 0) is 39.8 Å². The third-order valence-corrected chi connectivity index (χ3v) is 6.88. The van der Waals surface area contributed by atoms with E-state index in [0.717, 1.165) is 50.4 Å². The number of hydrogen-bond donors (Lipinski definition) is 2. The van der Waals surface area contributed by atoms with Gasteiger partial charge in [0.05, 0.1) is 23.7 Å². The Labute approximate surface area is 183 Å². The normalized spacial score (nSPS) is 27.6. The molecule has 0 spiro atoms. The summed E-state index contributed by atoms with van der Waals surface area (Å²) in [6.45, 7) is 9.91.